The first-order valence-electron chi connectivity index (χ1n) is 9.42. The molecule has 1 atom stereocenters. The zero-order valence-corrected chi connectivity index (χ0v) is 16.6. The van der Waals surface area contributed by atoms with Gasteiger partial charge in [-0.05, 0) is 55.4 Å². The molecule has 0 spiro atoms. The summed E-state index contributed by atoms with van der Waals surface area (Å²) in [5.41, 5.74) is 2.45. The lowest BCUT2D eigenvalue weighted by Gasteiger charge is -2.37. The molecule has 0 aromatic heterocycles. The number of piperazine rings is 1. The predicted molar refractivity (Wildman–Crippen MR) is 100 cm³/mol. The van der Waals surface area contributed by atoms with Crippen LogP contribution in [0.5, 0.6) is 0 Å². The van der Waals surface area contributed by atoms with Crippen molar-refractivity contribution in [1.82, 2.24) is 9.21 Å². The van der Waals surface area contributed by atoms with E-state index < -0.39 is 19.9 Å². The molecule has 8 heteroatoms. The van der Waals surface area contributed by atoms with Gasteiger partial charge in [-0.1, -0.05) is 6.07 Å². The number of hydrogen-bond donors (Lipinski definition) is 0. The summed E-state index contributed by atoms with van der Waals surface area (Å²) in [4.78, 5) is 2.54. The van der Waals surface area contributed by atoms with Gasteiger partial charge in [0.25, 0.3) is 0 Å². The molecule has 1 aromatic rings. The van der Waals surface area contributed by atoms with E-state index in [4.69, 9.17) is 0 Å². The molecule has 6 nitrogen and oxygen atoms in total. The average molecular weight is 399 g/mol. The number of fused-ring (bicyclic) bond motifs is 1. The van der Waals surface area contributed by atoms with Gasteiger partial charge < -0.3 is 0 Å². The highest BCUT2D eigenvalue weighted by atomic mass is 32.2. The van der Waals surface area contributed by atoms with Crippen LogP contribution in [0.4, 0.5) is 0 Å². The van der Waals surface area contributed by atoms with E-state index in [0.717, 1.165) is 19.3 Å². The molecule has 3 aliphatic rings. The van der Waals surface area contributed by atoms with Crippen LogP contribution >= 0.6 is 0 Å². The number of sulfone groups is 1. The molecule has 0 N–H and O–H groups in total. The average Bonchev–Trinajstić information content (AvgIpc) is 3.01. The molecule has 2 heterocycles. The second-order valence-electron chi connectivity index (χ2n) is 7.63. The van der Waals surface area contributed by atoms with E-state index in [0.29, 0.717) is 37.5 Å². The van der Waals surface area contributed by atoms with Crippen LogP contribution in [0.2, 0.25) is 0 Å². The third-order valence-corrected chi connectivity index (χ3v) is 9.60. The van der Waals surface area contributed by atoms with Crippen molar-refractivity contribution >= 4 is 19.9 Å². The Labute approximate surface area is 156 Å². The van der Waals surface area contributed by atoms with Gasteiger partial charge in [-0.3, -0.25) is 4.90 Å². The largest absolute Gasteiger partial charge is 0.297 e. The van der Waals surface area contributed by atoms with E-state index >= 15 is 0 Å². The zero-order valence-electron chi connectivity index (χ0n) is 14.9. The van der Waals surface area contributed by atoms with Crippen molar-refractivity contribution in [1.29, 1.82) is 0 Å². The monoisotopic (exact) mass is 398 g/mol. The molecule has 0 radical (unpaired) electrons. The van der Waals surface area contributed by atoms with E-state index in [1.54, 1.807) is 10.4 Å². The van der Waals surface area contributed by atoms with Crippen molar-refractivity contribution in [3.05, 3.63) is 29.3 Å². The van der Waals surface area contributed by atoms with Crippen LogP contribution in [0.3, 0.4) is 0 Å². The van der Waals surface area contributed by atoms with Crippen molar-refractivity contribution in [3.63, 3.8) is 0 Å². The molecule has 2 saturated heterocycles. The van der Waals surface area contributed by atoms with Crippen molar-refractivity contribution in [2.24, 2.45) is 0 Å². The van der Waals surface area contributed by atoms with Crippen LogP contribution in [0.25, 0.3) is 0 Å². The third kappa shape index (κ3) is 3.56. The molecular weight excluding hydrogens is 372 g/mol. The summed E-state index contributed by atoms with van der Waals surface area (Å²) < 4.78 is 50.9. The number of aryl methyl sites for hydroxylation is 2. The SMILES string of the molecule is O=S1(=O)CC[C@@H](N2CCN(S(=O)(=O)c3ccc4c(c3)CCCC4)CC2)C1. The summed E-state index contributed by atoms with van der Waals surface area (Å²) in [6.07, 6.45) is 4.97. The second kappa shape index (κ2) is 6.89. The molecule has 0 bridgehead atoms. The van der Waals surface area contributed by atoms with Crippen molar-refractivity contribution in [3.8, 4) is 0 Å². The number of rotatable bonds is 3. The van der Waals surface area contributed by atoms with Crippen LogP contribution in [0.1, 0.15) is 30.4 Å². The molecule has 144 valence electrons. The van der Waals surface area contributed by atoms with Crippen LogP contribution in [-0.2, 0) is 32.7 Å². The van der Waals surface area contributed by atoms with E-state index in [1.807, 2.05) is 12.1 Å². The third-order valence-electron chi connectivity index (χ3n) is 5.96. The highest BCUT2D eigenvalue weighted by molar-refractivity contribution is 7.91. The molecule has 1 aliphatic carbocycles. The van der Waals surface area contributed by atoms with E-state index in [1.165, 1.54) is 17.5 Å². The summed E-state index contributed by atoms with van der Waals surface area (Å²) in [5, 5.41) is 0. The summed E-state index contributed by atoms with van der Waals surface area (Å²) in [7, 11) is -6.39. The Bertz CT molecular complexity index is 888. The minimum Gasteiger partial charge on any atom is -0.297 e. The molecule has 2 aliphatic heterocycles. The highest BCUT2D eigenvalue weighted by Crippen LogP contribution is 2.27. The minimum absolute atomic E-state index is 0.0496. The first-order valence-corrected chi connectivity index (χ1v) is 12.7. The number of sulfonamides is 1. The maximum atomic E-state index is 13.0. The van der Waals surface area contributed by atoms with Crippen LogP contribution in [0, 0.1) is 0 Å². The molecule has 0 amide bonds. The lowest BCUT2D eigenvalue weighted by Crippen LogP contribution is -2.52. The lowest BCUT2D eigenvalue weighted by molar-refractivity contribution is 0.148. The number of nitrogens with zero attached hydrogens (tertiary/aromatic N) is 2. The normalized spacial score (nSPS) is 27.3. The van der Waals surface area contributed by atoms with Gasteiger partial charge in [0, 0.05) is 32.2 Å². The second-order valence-corrected chi connectivity index (χ2v) is 11.8. The van der Waals surface area contributed by atoms with Crippen LogP contribution in [0.15, 0.2) is 23.1 Å². The lowest BCUT2D eigenvalue weighted by atomic mass is 9.92. The van der Waals surface area contributed by atoms with E-state index in [2.05, 4.69) is 4.90 Å². The fourth-order valence-corrected chi connectivity index (χ4v) is 7.63. The Balaban J connectivity index is 1.45. The van der Waals surface area contributed by atoms with E-state index in [9.17, 15) is 16.8 Å². The minimum atomic E-state index is -3.48. The molecule has 1 aromatic carbocycles. The predicted octanol–water partition coefficient (Wildman–Crippen LogP) is 1.06. The van der Waals surface area contributed by atoms with Gasteiger partial charge in [-0.25, -0.2) is 16.8 Å². The van der Waals surface area contributed by atoms with Gasteiger partial charge in [0.2, 0.25) is 10.0 Å². The Morgan fingerprint density at radius 3 is 2.31 bits per heavy atom. The van der Waals surface area contributed by atoms with Gasteiger partial charge in [0.15, 0.2) is 9.84 Å². The topological polar surface area (TPSA) is 74.8 Å². The highest BCUT2D eigenvalue weighted by Gasteiger charge is 2.36. The fourth-order valence-electron chi connectivity index (χ4n) is 4.39. The summed E-state index contributed by atoms with van der Waals surface area (Å²) in [5.74, 6) is 0.468. The molecule has 0 saturated carbocycles. The number of benzene rings is 1. The first kappa shape index (κ1) is 18.4. The molecular formula is C18H26N2O4S2. The molecule has 4 rings (SSSR count). The van der Waals surface area contributed by atoms with Gasteiger partial charge in [-0.2, -0.15) is 4.31 Å². The fraction of sp³-hybridized carbons (Fsp3) is 0.667. The maximum Gasteiger partial charge on any atom is 0.243 e. The quantitative estimate of drug-likeness (QED) is 0.761. The summed E-state index contributed by atoms with van der Waals surface area (Å²) >= 11 is 0. The Morgan fingerprint density at radius 1 is 0.962 bits per heavy atom. The zero-order chi connectivity index (χ0) is 18.4. The van der Waals surface area contributed by atoms with Gasteiger partial charge in [-0.15, -0.1) is 0 Å². The van der Waals surface area contributed by atoms with Gasteiger partial charge in [0.1, 0.15) is 0 Å². The maximum absolute atomic E-state index is 13.0. The Morgan fingerprint density at radius 2 is 1.65 bits per heavy atom. The standard InChI is InChI=1S/C18H26N2O4S2/c21-25(22)12-7-17(14-25)19-8-10-20(11-9-19)26(23,24)18-6-5-15-3-1-2-4-16(15)13-18/h5-6,13,17H,1-4,7-12,14H2/t17-/m1/s1. The number of hydrogen-bond acceptors (Lipinski definition) is 5. The van der Waals surface area contributed by atoms with E-state index in [-0.39, 0.29) is 17.5 Å². The van der Waals surface area contributed by atoms with Gasteiger partial charge >= 0.3 is 0 Å². The molecule has 0 unspecified atom stereocenters. The molecule has 2 fully saturated rings. The van der Waals surface area contributed by atoms with Crippen molar-refractivity contribution < 1.29 is 16.8 Å². The van der Waals surface area contributed by atoms with Crippen LogP contribution in [-0.4, -0.2) is 69.8 Å². The van der Waals surface area contributed by atoms with Crippen molar-refractivity contribution in [2.45, 2.75) is 43.0 Å². The van der Waals surface area contributed by atoms with Gasteiger partial charge in [0.05, 0.1) is 16.4 Å². The first-order chi connectivity index (χ1) is 12.4. The summed E-state index contributed by atoms with van der Waals surface area (Å²) in [6, 6.07) is 5.63. The smallest absolute Gasteiger partial charge is 0.243 e. The van der Waals surface area contributed by atoms with Crippen LogP contribution < -0.4 is 0 Å². The Hall–Kier alpha value is -0.960. The summed E-state index contributed by atoms with van der Waals surface area (Å²) in [6.45, 7) is 2.06. The Kier molecular flexibility index (Phi) is 4.88. The van der Waals surface area contributed by atoms with Crippen molar-refractivity contribution in [2.75, 3.05) is 37.7 Å². The molecule has 26 heavy (non-hydrogen) atoms.